The summed E-state index contributed by atoms with van der Waals surface area (Å²) < 4.78 is 37.9. The average Bonchev–Trinajstić information content (AvgIpc) is 2.48. The van der Waals surface area contributed by atoms with Crippen LogP contribution in [-0.2, 0) is 21.2 Å². The number of benzene rings is 1. The van der Waals surface area contributed by atoms with Crippen LogP contribution in [0, 0.1) is 5.41 Å². The number of carboxylic acids is 1. The molecule has 0 spiro atoms. The molecule has 1 amide bonds. The van der Waals surface area contributed by atoms with E-state index < -0.39 is 28.5 Å². The Morgan fingerprint density at radius 3 is 2.04 bits per heavy atom. The number of carboxylic acid groups (broad SMARTS) is 1. The number of alkyl halides is 3. The average molecular weight is 357 g/mol. The summed E-state index contributed by atoms with van der Waals surface area (Å²) in [7, 11) is 0. The Bertz CT molecular complexity index is 647. The zero-order chi connectivity index (χ0) is 18.9. The monoisotopic (exact) mass is 357 g/mol. The van der Waals surface area contributed by atoms with Crippen LogP contribution in [0.25, 0.3) is 0 Å². The van der Waals surface area contributed by atoms with E-state index in [0.29, 0.717) is 18.4 Å². The molecular formula is C18H22F3NO3. The molecule has 1 aromatic carbocycles. The molecule has 1 fully saturated rings. The van der Waals surface area contributed by atoms with Crippen LogP contribution in [0.3, 0.4) is 0 Å². The molecule has 4 nitrogen and oxygen atoms in total. The first kappa shape index (κ1) is 19.3. The van der Waals surface area contributed by atoms with Crippen LogP contribution in [0.5, 0.6) is 0 Å². The SMILES string of the molecule is CC(C)(CNC(=O)CC1(C(=O)O)CCC1)c1ccc(C(F)(F)F)cc1. The van der Waals surface area contributed by atoms with Gasteiger partial charge in [0.05, 0.1) is 11.0 Å². The minimum Gasteiger partial charge on any atom is -0.481 e. The Kier molecular flexibility index (Phi) is 5.16. The van der Waals surface area contributed by atoms with Crippen molar-refractivity contribution in [3.63, 3.8) is 0 Å². The van der Waals surface area contributed by atoms with Gasteiger partial charge in [0.25, 0.3) is 0 Å². The van der Waals surface area contributed by atoms with Gasteiger partial charge in [-0.15, -0.1) is 0 Å². The highest BCUT2D eigenvalue weighted by Gasteiger charge is 2.46. The Labute approximate surface area is 144 Å². The lowest BCUT2D eigenvalue weighted by Gasteiger charge is -2.37. The minimum atomic E-state index is -4.38. The first-order chi connectivity index (χ1) is 11.5. The van der Waals surface area contributed by atoms with Crippen LogP contribution >= 0.6 is 0 Å². The molecule has 1 saturated carbocycles. The van der Waals surface area contributed by atoms with E-state index in [1.165, 1.54) is 12.1 Å². The quantitative estimate of drug-likeness (QED) is 0.815. The van der Waals surface area contributed by atoms with E-state index >= 15 is 0 Å². The molecule has 2 N–H and O–H groups in total. The van der Waals surface area contributed by atoms with E-state index in [4.69, 9.17) is 0 Å². The van der Waals surface area contributed by atoms with E-state index in [0.717, 1.165) is 18.6 Å². The van der Waals surface area contributed by atoms with Gasteiger partial charge in [-0.1, -0.05) is 32.4 Å². The number of halogens is 3. The lowest BCUT2D eigenvalue weighted by atomic mass is 9.66. The highest BCUT2D eigenvalue weighted by Crippen LogP contribution is 2.44. The molecule has 138 valence electrons. The summed E-state index contributed by atoms with van der Waals surface area (Å²) in [5.74, 6) is -1.29. The number of carbonyl (C=O) groups excluding carboxylic acids is 1. The summed E-state index contributed by atoms with van der Waals surface area (Å²) in [4.78, 5) is 23.4. The Hall–Kier alpha value is -2.05. The Morgan fingerprint density at radius 2 is 1.64 bits per heavy atom. The van der Waals surface area contributed by atoms with Crippen molar-refractivity contribution in [3.8, 4) is 0 Å². The Morgan fingerprint density at radius 1 is 1.12 bits per heavy atom. The largest absolute Gasteiger partial charge is 0.481 e. The highest BCUT2D eigenvalue weighted by atomic mass is 19.4. The van der Waals surface area contributed by atoms with Gasteiger partial charge in [-0.2, -0.15) is 13.2 Å². The van der Waals surface area contributed by atoms with Crippen LogP contribution in [0.4, 0.5) is 13.2 Å². The molecule has 0 aliphatic heterocycles. The second kappa shape index (κ2) is 6.69. The molecule has 0 radical (unpaired) electrons. The fourth-order valence-corrected chi connectivity index (χ4v) is 2.97. The normalized spacial score (nSPS) is 16.8. The van der Waals surface area contributed by atoms with E-state index in [1.807, 2.05) is 13.8 Å². The first-order valence-electron chi connectivity index (χ1n) is 8.14. The number of aliphatic carboxylic acids is 1. The van der Waals surface area contributed by atoms with E-state index in [1.54, 1.807) is 0 Å². The minimum absolute atomic E-state index is 0.0641. The summed E-state index contributed by atoms with van der Waals surface area (Å²) >= 11 is 0. The predicted octanol–water partition coefficient (Wildman–Crippen LogP) is 3.74. The van der Waals surface area contributed by atoms with Gasteiger partial charge >= 0.3 is 12.1 Å². The van der Waals surface area contributed by atoms with E-state index in [9.17, 15) is 27.9 Å². The third kappa shape index (κ3) is 4.32. The maximum atomic E-state index is 12.6. The number of rotatable bonds is 6. The van der Waals surface area contributed by atoms with Crippen molar-refractivity contribution in [1.29, 1.82) is 0 Å². The molecule has 1 aliphatic rings. The zero-order valence-corrected chi connectivity index (χ0v) is 14.2. The smallest absolute Gasteiger partial charge is 0.416 e. The standard InChI is InChI=1S/C18H22F3NO3/c1-16(2,12-4-6-13(7-5-12)18(19,20)21)11-22-14(23)10-17(15(24)25)8-3-9-17/h4-7H,3,8-11H2,1-2H3,(H,22,23)(H,24,25). The molecule has 7 heteroatoms. The molecule has 25 heavy (non-hydrogen) atoms. The van der Waals surface area contributed by atoms with E-state index in [-0.39, 0.29) is 18.9 Å². The third-order valence-electron chi connectivity index (χ3n) is 4.98. The fraction of sp³-hybridized carbons (Fsp3) is 0.556. The van der Waals surface area contributed by atoms with E-state index in [2.05, 4.69) is 5.32 Å². The molecule has 0 aromatic heterocycles. The zero-order valence-electron chi connectivity index (χ0n) is 14.2. The fourth-order valence-electron chi connectivity index (χ4n) is 2.97. The van der Waals surface area contributed by atoms with Crippen molar-refractivity contribution in [3.05, 3.63) is 35.4 Å². The topological polar surface area (TPSA) is 66.4 Å². The number of hydrogen-bond donors (Lipinski definition) is 2. The number of carbonyl (C=O) groups is 2. The van der Waals surface area contributed by atoms with Crippen molar-refractivity contribution in [1.82, 2.24) is 5.32 Å². The molecule has 1 aromatic rings. The van der Waals surface area contributed by atoms with Gasteiger partial charge in [-0.05, 0) is 30.5 Å². The summed E-state index contributed by atoms with van der Waals surface area (Å²) in [6, 6.07) is 4.85. The second-order valence-corrected chi connectivity index (χ2v) is 7.35. The Balaban J connectivity index is 1.96. The van der Waals surface area contributed by atoms with Crippen molar-refractivity contribution >= 4 is 11.9 Å². The van der Waals surface area contributed by atoms with Crippen LogP contribution in [0.2, 0.25) is 0 Å². The third-order valence-corrected chi connectivity index (χ3v) is 4.98. The van der Waals surface area contributed by atoms with Gasteiger partial charge in [0, 0.05) is 18.4 Å². The number of amides is 1. The number of hydrogen-bond acceptors (Lipinski definition) is 2. The maximum absolute atomic E-state index is 12.6. The van der Waals surface area contributed by atoms with Gasteiger partial charge in [-0.3, -0.25) is 9.59 Å². The van der Waals surface area contributed by atoms with Crippen LogP contribution in [0.15, 0.2) is 24.3 Å². The molecule has 0 saturated heterocycles. The second-order valence-electron chi connectivity index (χ2n) is 7.35. The molecule has 2 rings (SSSR count). The van der Waals surface area contributed by atoms with Gasteiger partial charge in [0.2, 0.25) is 5.91 Å². The van der Waals surface area contributed by atoms with Gasteiger partial charge in [0.1, 0.15) is 0 Å². The summed E-state index contributed by atoms with van der Waals surface area (Å²) in [5, 5.41) is 12.0. The molecular weight excluding hydrogens is 335 g/mol. The highest BCUT2D eigenvalue weighted by molar-refractivity contribution is 5.85. The first-order valence-corrected chi connectivity index (χ1v) is 8.14. The van der Waals surface area contributed by atoms with Gasteiger partial charge in [-0.25, -0.2) is 0 Å². The lowest BCUT2D eigenvalue weighted by Crippen LogP contribution is -2.44. The number of nitrogens with one attached hydrogen (secondary N) is 1. The molecule has 0 unspecified atom stereocenters. The maximum Gasteiger partial charge on any atom is 0.416 e. The molecule has 0 bridgehead atoms. The summed E-state index contributed by atoms with van der Waals surface area (Å²) in [6.07, 6.45) is -2.65. The van der Waals surface area contributed by atoms with Crippen LogP contribution in [0.1, 0.15) is 50.7 Å². The summed E-state index contributed by atoms with van der Waals surface area (Å²) in [6.45, 7) is 3.84. The van der Waals surface area contributed by atoms with Crippen LogP contribution in [-0.4, -0.2) is 23.5 Å². The molecule has 1 aliphatic carbocycles. The predicted molar refractivity (Wildman–Crippen MR) is 86.0 cm³/mol. The van der Waals surface area contributed by atoms with Crippen molar-refractivity contribution in [2.24, 2.45) is 5.41 Å². The lowest BCUT2D eigenvalue weighted by molar-refractivity contribution is -0.157. The van der Waals surface area contributed by atoms with Gasteiger partial charge < -0.3 is 10.4 Å². The van der Waals surface area contributed by atoms with Crippen molar-refractivity contribution in [2.75, 3.05) is 6.54 Å². The van der Waals surface area contributed by atoms with Crippen molar-refractivity contribution < 1.29 is 27.9 Å². The van der Waals surface area contributed by atoms with Crippen LogP contribution < -0.4 is 5.32 Å². The molecule has 0 heterocycles. The molecule has 0 atom stereocenters. The van der Waals surface area contributed by atoms with Crippen molar-refractivity contribution in [2.45, 2.75) is 51.1 Å². The summed E-state index contributed by atoms with van der Waals surface area (Å²) in [5.41, 5.74) is -1.58. The van der Waals surface area contributed by atoms with Gasteiger partial charge in [0.15, 0.2) is 0 Å².